The summed E-state index contributed by atoms with van der Waals surface area (Å²) in [7, 11) is 0. The van der Waals surface area contributed by atoms with E-state index in [4.69, 9.17) is 0 Å². The summed E-state index contributed by atoms with van der Waals surface area (Å²) in [6.45, 7) is 4.71. The van der Waals surface area contributed by atoms with Crippen LogP contribution in [0.3, 0.4) is 0 Å². The molecule has 0 aromatic rings. The summed E-state index contributed by atoms with van der Waals surface area (Å²) >= 11 is 2.05. The fraction of sp³-hybridized carbons (Fsp3) is 1.00. The molecule has 0 saturated heterocycles. The van der Waals surface area contributed by atoms with Gasteiger partial charge >= 0.3 is 0 Å². The molecule has 1 fully saturated rings. The minimum Gasteiger partial charge on any atom is -0.317 e. The molecular formula is C13H27NS. The van der Waals surface area contributed by atoms with Gasteiger partial charge in [-0.3, -0.25) is 0 Å². The average molecular weight is 229 g/mol. The van der Waals surface area contributed by atoms with Crippen molar-refractivity contribution in [2.45, 2.75) is 51.9 Å². The number of rotatable bonds is 8. The predicted octanol–water partition coefficient (Wildman–Crippen LogP) is 3.69. The highest BCUT2D eigenvalue weighted by molar-refractivity contribution is 7.99. The summed E-state index contributed by atoms with van der Waals surface area (Å²) in [6.07, 6.45) is 10.2. The molecule has 0 spiro atoms. The van der Waals surface area contributed by atoms with E-state index in [2.05, 4.69) is 24.0 Å². The highest BCUT2D eigenvalue weighted by atomic mass is 32.2. The largest absolute Gasteiger partial charge is 0.317 e. The minimum absolute atomic E-state index is 1.04. The van der Waals surface area contributed by atoms with Crippen LogP contribution in [0.4, 0.5) is 0 Å². The Kier molecular flexibility index (Phi) is 8.50. The zero-order valence-electron chi connectivity index (χ0n) is 10.3. The SMILES string of the molecule is CCSCCCNCCC1CCCCC1. The van der Waals surface area contributed by atoms with E-state index in [0.29, 0.717) is 0 Å². The highest BCUT2D eigenvalue weighted by Gasteiger charge is 2.12. The van der Waals surface area contributed by atoms with Crippen LogP contribution >= 0.6 is 11.8 Å². The summed E-state index contributed by atoms with van der Waals surface area (Å²) in [6, 6.07) is 0. The Labute approximate surface area is 99.8 Å². The van der Waals surface area contributed by atoms with Crippen LogP contribution in [-0.2, 0) is 0 Å². The molecule has 1 nitrogen and oxygen atoms in total. The van der Waals surface area contributed by atoms with Crippen LogP contribution in [0.5, 0.6) is 0 Å². The Hall–Kier alpha value is 0.310. The second-order valence-corrected chi connectivity index (χ2v) is 5.99. The molecule has 0 bridgehead atoms. The molecule has 0 amide bonds. The quantitative estimate of drug-likeness (QED) is 0.637. The third-order valence-corrected chi connectivity index (χ3v) is 4.29. The first-order chi connectivity index (χ1) is 7.43. The lowest BCUT2D eigenvalue weighted by Gasteiger charge is -2.21. The van der Waals surface area contributed by atoms with Crippen LogP contribution in [0.1, 0.15) is 51.9 Å². The maximum absolute atomic E-state index is 3.58. The molecular weight excluding hydrogens is 202 g/mol. The molecule has 0 unspecified atom stereocenters. The topological polar surface area (TPSA) is 12.0 Å². The van der Waals surface area contributed by atoms with Gasteiger partial charge in [0, 0.05) is 0 Å². The maximum atomic E-state index is 3.58. The third kappa shape index (κ3) is 7.24. The van der Waals surface area contributed by atoms with Crippen LogP contribution < -0.4 is 5.32 Å². The molecule has 0 aliphatic heterocycles. The molecule has 1 saturated carbocycles. The van der Waals surface area contributed by atoms with E-state index < -0.39 is 0 Å². The van der Waals surface area contributed by atoms with Crippen molar-refractivity contribution in [3.05, 3.63) is 0 Å². The molecule has 0 radical (unpaired) electrons. The van der Waals surface area contributed by atoms with E-state index in [9.17, 15) is 0 Å². The van der Waals surface area contributed by atoms with Gasteiger partial charge in [0.2, 0.25) is 0 Å². The lowest BCUT2D eigenvalue weighted by atomic mass is 9.87. The van der Waals surface area contributed by atoms with Crippen molar-refractivity contribution in [2.24, 2.45) is 5.92 Å². The van der Waals surface area contributed by atoms with Gasteiger partial charge in [-0.2, -0.15) is 11.8 Å². The van der Waals surface area contributed by atoms with Crippen molar-refractivity contribution in [1.29, 1.82) is 0 Å². The fourth-order valence-electron chi connectivity index (χ4n) is 2.35. The second-order valence-electron chi connectivity index (χ2n) is 4.59. The Morgan fingerprint density at radius 3 is 2.67 bits per heavy atom. The number of nitrogens with one attached hydrogen (secondary N) is 1. The summed E-state index contributed by atoms with van der Waals surface area (Å²) in [5.74, 6) is 3.63. The summed E-state index contributed by atoms with van der Waals surface area (Å²) < 4.78 is 0. The van der Waals surface area contributed by atoms with Crippen molar-refractivity contribution < 1.29 is 0 Å². The van der Waals surface area contributed by atoms with Gasteiger partial charge in [0.05, 0.1) is 0 Å². The summed E-state index contributed by atoms with van der Waals surface area (Å²) in [5, 5.41) is 3.58. The van der Waals surface area contributed by atoms with E-state index >= 15 is 0 Å². The van der Waals surface area contributed by atoms with Crippen LogP contribution in [0, 0.1) is 5.92 Å². The molecule has 2 heteroatoms. The molecule has 1 rings (SSSR count). The van der Waals surface area contributed by atoms with E-state index in [0.717, 1.165) is 5.92 Å². The van der Waals surface area contributed by atoms with Gasteiger partial charge < -0.3 is 5.32 Å². The predicted molar refractivity (Wildman–Crippen MR) is 71.7 cm³/mol. The molecule has 0 heterocycles. The lowest BCUT2D eigenvalue weighted by molar-refractivity contribution is 0.334. The van der Waals surface area contributed by atoms with Gasteiger partial charge in [-0.15, -0.1) is 0 Å². The van der Waals surface area contributed by atoms with Crippen LogP contribution in [0.25, 0.3) is 0 Å². The fourth-order valence-corrected chi connectivity index (χ4v) is 2.99. The smallest absolute Gasteiger partial charge is 0.00411 e. The first kappa shape index (κ1) is 13.4. The molecule has 90 valence electrons. The molecule has 0 aromatic carbocycles. The number of hydrogen-bond acceptors (Lipinski definition) is 2. The molecule has 0 atom stereocenters. The van der Waals surface area contributed by atoms with Gasteiger partial charge in [0.15, 0.2) is 0 Å². The van der Waals surface area contributed by atoms with E-state index in [1.807, 2.05) is 0 Å². The summed E-state index contributed by atoms with van der Waals surface area (Å²) in [5.41, 5.74) is 0. The lowest BCUT2D eigenvalue weighted by Crippen LogP contribution is -2.20. The third-order valence-electron chi connectivity index (χ3n) is 3.30. The first-order valence-electron chi connectivity index (χ1n) is 6.72. The van der Waals surface area contributed by atoms with Gasteiger partial charge in [-0.1, -0.05) is 39.0 Å². The van der Waals surface area contributed by atoms with Crippen molar-refractivity contribution in [3.8, 4) is 0 Å². The summed E-state index contributed by atoms with van der Waals surface area (Å²) in [4.78, 5) is 0. The standard InChI is InChI=1S/C13H27NS/c1-2-15-12-6-10-14-11-9-13-7-4-3-5-8-13/h13-14H,2-12H2,1H3. The Bertz CT molecular complexity index is 132. The normalized spacial score (nSPS) is 18.2. The van der Waals surface area contributed by atoms with Crippen LogP contribution in [0.15, 0.2) is 0 Å². The first-order valence-corrected chi connectivity index (χ1v) is 7.87. The molecule has 15 heavy (non-hydrogen) atoms. The average Bonchev–Trinajstić information content (AvgIpc) is 2.29. The molecule has 1 aliphatic rings. The van der Waals surface area contributed by atoms with Crippen molar-refractivity contribution >= 4 is 11.8 Å². The van der Waals surface area contributed by atoms with Gasteiger partial charge in [0.25, 0.3) is 0 Å². The zero-order valence-corrected chi connectivity index (χ0v) is 11.1. The maximum Gasteiger partial charge on any atom is -0.00411 e. The Morgan fingerprint density at radius 2 is 1.93 bits per heavy atom. The van der Waals surface area contributed by atoms with Gasteiger partial charge in [-0.25, -0.2) is 0 Å². The van der Waals surface area contributed by atoms with Crippen molar-refractivity contribution in [1.82, 2.24) is 5.32 Å². The van der Waals surface area contributed by atoms with Crippen molar-refractivity contribution in [2.75, 3.05) is 24.6 Å². The van der Waals surface area contributed by atoms with Crippen LogP contribution in [-0.4, -0.2) is 24.6 Å². The van der Waals surface area contributed by atoms with E-state index in [1.54, 1.807) is 0 Å². The van der Waals surface area contributed by atoms with E-state index in [-0.39, 0.29) is 0 Å². The highest BCUT2D eigenvalue weighted by Crippen LogP contribution is 2.25. The van der Waals surface area contributed by atoms with Crippen molar-refractivity contribution in [3.63, 3.8) is 0 Å². The molecule has 1 aliphatic carbocycles. The van der Waals surface area contributed by atoms with E-state index in [1.165, 1.54) is 69.5 Å². The Balaban J connectivity index is 1.79. The van der Waals surface area contributed by atoms with Gasteiger partial charge in [0.1, 0.15) is 0 Å². The molecule has 0 aromatic heterocycles. The second kappa shape index (κ2) is 9.53. The monoisotopic (exact) mass is 229 g/mol. The number of hydrogen-bond donors (Lipinski definition) is 1. The van der Waals surface area contributed by atoms with Gasteiger partial charge in [-0.05, 0) is 43.4 Å². The Morgan fingerprint density at radius 1 is 1.13 bits per heavy atom. The van der Waals surface area contributed by atoms with Crippen LogP contribution in [0.2, 0.25) is 0 Å². The number of thioether (sulfide) groups is 1. The minimum atomic E-state index is 1.04. The molecule has 1 N–H and O–H groups in total. The zero-order chi connectivity index (χ0) is 10.8.